The monoisotopic (exact) mass is 732 g/mol. The number of unbranched alkanes of at least 4 members (excludes halogenated alkanes) is 14. The number of hydrogen-bond donors (Lipinski definition) is 3. The summed E-state index contributed by atoms with van der Waals surface area (Å²) in [5.74, 6) is -0.111. The van der Waals surface area contributed by atoms with Crippen LogP contribution in [0.25, 0.3) is 0 Å². The van der Waals surface area contributed by atoms with Gasteiger partial charge in [-0.3, -0.25) is 4.79 Å². The van der Waals surface area contributed by atoms with Crippen LogP contribution >= 0.6 is 0 Å². The third-order valence-electron chi connectivity index (χ3n) is 8.99. The molecule has 0 aliphatic rings. The van der Waals surface area contributed by atoms with Gasteiger partial charge in [-0.15, -0.1) is 0 Å². The zero-order valence-electron chi connectivity index (χ0n) is 34.2. The highest BCUT2D eigenvalue weighted by atomic mass is 16.3. The van der Waals surface area contributed by atoms with E-state index in [0.29, 0.717) is 6.42 Å². The lowest BCUT2D eigenvalue weighted by molar-refractivity contribution is -0.123. The Kier molecular flexibility index (Phi) is 41.0. The Balaban J connectivity index is 3.77. The molecule has 0 heterocycles. The van der Waals surface area contributed by atoms with Crippen LogP contribution in [0.4, 0.5) is 0 Å². The smallest absolute Gasteiger partial charge is 0.220 e. The van der Waals surface area contributed by atoms with Crippen LogP contribution in [0.3, 0.4) is 0 Å². The van der Waals surface area contributed by atoms with E-state index in [1.807, 2.05) is 6.08 Å². The van der Waals surface area contributed by atoms with Crippen LogP contribution < -0.4 is 5.32 Å². The number of rotatable bonds is 37. The first kappa shape index (κ1) is 50.1. The Morgan fingerprint density at radius 1 is 0.472 bits per heavy atom. The Hall–Kier alpha value is -2.95. The molecule has 0 saturated heterocycles. The van der Waals surface area contributed by atoms with Gasteiger partial charge in [-0.25, -0.2) is 0 Å². The highest BCUT2D eigenvalue weighted by Gasteiger charge is 2.17. The van der Waals surface area contributed by atoms with Crippen LogP contribution in [0.5, 0.6) is 0 Å². The number of carbonyl (C=O) groups is 1. The van der Waals surface area contributed by atoms with Crippen molar-refractivity contribution < 1.29 is 15.0 Å². The second-order valence-corrected chi connectivity index (χ2v) is 14.0. The van der Waals surface area contributed by atoms with Gasteiger partial charge in [-0.05, 0) is 89.9 Å². The predicted molar refractivity (Wildman–Crippen MR) is 234 cm³/mol. The van der Waals surface area contributed by atoms with E-state index >= 15 is 0 Å². The summed E-state index contributed by atoms with van der Waals surface area (Å²) in [7, 11) is 0. The Morgan fingerprint density at radius 2 is 0.849 bits per heavy atom. The Labute approximate surface area is 327 Å². The standard InChI is InChI=1S/C49H81NO3/c1-3-5-7-9-11-13-15-17-19-21-22-23-24-25-26-27-28-29-31-33-35-37-39-41-43-45-49(53)50-47(46-51)48(52)44-42-40-38-36-34-32-30-20-18-16-14-12-10-8-6-4-2/h5,7,11,13,17,19,22-23,25-26,28-29,33-36,42,44,47-48,51-52H,3-4,6,8-10,12,14-16,18,20-21,24,27,30-32,37-41,43,45-46H2,1-2H3,(H,50,53)/b7-5-,13-11-,19-17-,23-22-,26-25-,29-28-,35-33-,36-34+,44-42+. The molecule has 4 nitrogen and oxygen atoms in total. The number of nitrogens with one attached hydrogen (secondary N) is 1. The average molecular weight is 732 g/mol. The minimum atomic E-state index is -0.883. The van der Waals surface area contributed by atoms with Crippen molar-refractivity contribution in [1.82, 2.24) is 5.32 Å². The molecule has 0 spiro atoms. The molecule has 4 heteroatoms. The molecule has 0 saturated carbocycles. The SMILES string of the molecule is CC/C=C\C/C=C\C/C=C\C/C=C\C/C=C\C/C=C\C/C=C\CCCCCC(=O)NC(CO)C(O)/C=C/CC/C=C/CCCCCCCCCCCC. The second kappa shape index (κ2) is 43.5. The highest BCUT2D eigenvalue weighted by molar-refractivity contribution is 5.76. The van der Waals surface area contributed by atoms with E-state index in [1.165, 1.54) is 64.2 Å². The van der Waals surface area contributed by atoms with Crippen molar-refractivity contribution in [1.29, 1.82) is 0 Å². The molecule has 3 N–H and O–H groups in total. The lowest BCUT2D eigenvalue weighted by atomic mass is 10.1. The fourth-order valence-corrected chi connectivity index (χ4v) is 5.70. The van der Waals surface area contributed by atoms with E-state index in [9.17, 15) is 15.0 Å². The van der Waals surface area contributed by atoms with Crippen LogP contribution in [0.1, 0.15) is 174 Å². The maximum absolute atomic E-state index is 12.4. The quantitative estimate of drug-likeness (QED) is 0.0440. The molecule has 0 fully saturated rings. The van der Waals surface area contributed by atoms with Crippen molar-refractivity contribution in [3.63, 3.8) is 0 Å². The lowest BCUT2D eigenvalue weighted by Gasteiger charge is -2.19. The third kappa shape index (κ3) is 40.1. The molecule has 0 bridgehead atoms. The maximum Gasteiger partial charge on any atom is 0.220 e. The summed E-state index contributed by atoms with van der Waals surface area (Å²) in [6.07, 6.45) is 66.2. The van der Waals surface area contributed by atoms with Crippen molar-refractivity contribution in [2.45, 2.75) is 187 Å². The summed E-state index contributed by atoms with van der Waals surface area (Å²) < 4.78 is 0. The van der Waals surface area contributed by atoms with Gasteiger partial charge in [0.2, 0.25) is 5.91 Å². The zero-order valence-corrected chi connectivity index (χ0v) is 34.2. The van der Waals surface area contributed by atoms with Crippen LogP contribution in [0.15, 0.2) is 109 Å². The topological polar surface area (TPSA) is 69.6 Å². The van der Waals surface area contributed by atoms with Crippen LogP contribution in [-0.2, 0) is 4.79 Å². The lowest BCUT2D eigenvalue weighted by Crippen LogP contribution is -2.45. The molecule has 300 valence electrons. The summed E-state index contributed by atoms with van der Waals surface area (Å²) >= 11 is 0. The van der Waals surface area contributed by atoms with E-state index in [0.717, 1.165) is 89.9 Å². The zero-order chi connectivity index (χ0) is 38.6. The average Bonchev–Trinajstić information content (AvgIpc) is 3.16. The van der Waals surface area contributed by atoms with Gasteiger partial charge in [0.15, 0.2) is 0 Å². The van der Waals surface area contributed by atoms with Crippen LogP contribution in [0, 0.1) is 0 Å². The van der Waals surface area contributed by atoms with E-state index in [4.69, 9.17) is 0 Å². The summed E-state index contributed by atoms with van der Waals surface area (Å²) in [4.78, 5) is 12.4. The first-order chi connectivity index (χ1) is 26.2. The van der Waals surface area contributed by atoms with Gasteiger partial charge in [-0.1, -0.05) is 187 Å². The number of carbonyl (C=O) groups excluding carboxylic acids is 1. The van der Waals surface area contributed by atoms with Crippen molar-refractivity contribution >= 4 is 5.91 Å². The van der Waals surface area contributed by atoms with Gasteiger partial charge in [0.05, 0.1) is 18.8 Å². The van der Waals surface area contributed by atoms with E-state index in [2.05, 4.69) is 116 Å². The molecule has 2 atom stereocenters. The van der Waals surface area contributed by atoms with Gasteiger partial charge in [0.1, 0.15) is 0 Å². The minimum absolute atomic E-state index is 0.111. The minimum Gasteiger partial charge on any atom is -0.394 e. The third-order valence-corrected chi connectivity index (χ3v) is 8.99. The van der Waals surface area contributed by atoms with E-state index in [1.54, 1.807) is 6.08 Å². The van der Waals surface area contributed by atoms with Crippen molar-refractivity contribution in [3.8, 4) is 0 Å². The van der Waals surface area contributed by atoms with Crippen LogP contribution in [0.2, 0.25) is 0 Å². The summed E-state index contributed by atoms with van der Waals surface area (Å²) in [6, 6.07) is -0.664. The van der Waals surface area contributed by atoms with Gasteiger partial charge in [-0.2, -0.15) is 0 Å². The molecule has 2 unspecified atom stereocenters. The highest BCUT2D eigenvalue weighted by Crippen LogP contribution is 2.12. The van der Waals surface area contributed by atoms with Gasteiger partial charge in [0.25, 0.3) is 0 Å². The number of allylic oxidation sites excluding steroid dienone is 17. The largest absolute Gasteiger partial charge is 0.394 e. The summed E-state index contributed by atoms with van der Waals surface area (Å²) in [5.41, 5.74) is 0. The van der Waals surface area contributed by atoms with Gasteiger partial charge >= 0.3 is 0 Å². The summed E-state index contributed by atoms with van der Waals surface area (Å²) in [6.45, 7) is 4.15. The second-order valence-electron chi connectivity index (χ2n) is 14.0. The molecule has 1 amide bonds. The fourth-order valence-electron chi connectivity index (χ4n) is 5.70. The molecule has 0 aliphatic heterocycles. The number of aliphatic hydroxyl groups is 2. The first-order valence-corrected chi connectivity index (χ1v) is 21.6. The van der Waals surface area contributed by atoms with Crippen molar-refractivity contribution in [3.05, 3.63) is 109 Å². The molecule has 0 aliphatic carbocycles. The van der Waals surface area contributed by atoms with Crippen molar-refractivity contribution in [2.75, 3.05) is 6.61 Å². The van der Waals surface area contributed by atoms with Crippen molar-refractivity contribution in [2.24, 2.45) is 0 Å². The first-order valence-electron chi connectivity index (χ1n) is 21.6. The molecular weight excluding hydrogens is 651 g/mol. The number of aliphatic hydroxyl groups excluding tert-OH is 2. The molecule has 0 aromatic rings. The van der Waals surface area contributed by atoms with Gasteiger partial charge in [0, 0.05) is 6.42 Å². The number of amides is 1. The molecule has 0 aromatic heterocycles. The molecule has 0 radical (unpaired) electrons. The fraction of sp³-hybridized carbons (Fsp3) is 0.612. The predicted octanol–water partition coefficient (Wildman–Crippen LogP) is 13.6. The maximum atomic E-state index is 12.4. The van der Waals surface area contributed by atoms with Crippen LogP contribution in [-0.4, -0.2) is 34.9 Å². The van der Waals surface area contributed by atoms with E-state index in [-0.39, 0.29) is 12.5 Å². The summed E-state index contributed by atoms with van der Waals surface area (Å²) in [5, 5.41) is 22.9. The molecular formula is C49H81NO3. The van der Waals surface area contributed by atoms with E-state index < -0.39 is 12.1 Å². The Morgan fingerprint density at radius 3 is 1.32 bits per heavy atom. The Bertz CT molecular complexity index is 1060. The number of hydrogen-bond acceptors (Lipinski definition) is 3. The molecule has 0 rings (SSSR count). The molecule has 53 heavy (non-hydrogen) atoms. The normalized spacial score (nSPS) is 14.1. The molecule has 0 aromatic carbocycles. The van der Waals surface area contributed by atoms with Gasteiger partial charge < -0.3 is 15.5 Å².